The molecule has 2 rings (SSSR count). The van der Waals surface area contributed by atoms with Gasteiger partial charge in [-0.1, -0.05) is 19.3 Å². The smallest absolute Gasteiger partial charge is 0.409 e. The van der Waals surface area contributed by atoms with Crippen LogP contribution < -0.4 is 5.32 Å². The molecule has 2 aliphatic rings. The molecule has 0 unspecified atom stereocenters. The molecule has 1 aliphatic heterocycles. The average Bonchev–Trinajstić information content (AvgIpc) is 2.49. The first-order valence-electron chi connectivity index (χ1n) is 8.17. The second-order valence-electron chi connectivity index (χ2n) is 5.82. The van der Waals surface area contributed by atoms with Crippen LogP contribution in [-0.2, 0) is 4.74 Å². The van der Waals surface area contributed by atoms with Gasteiger partial charge in [-0.05, 0) is 19.8 Å². The molecule has 0 aromatic heterocycles. The molecule has 1 saturated carbocycles. The minimum atomic E-state index is -0.160. The van der Waals surface area contributed by atoms with Crippen LogP contribution in [0.5, 0.6) is 0 Å². The monoisotopic (exact) mass is 319 g/mol. The normalized spacial score (nSPS) is 20.9. The number of piperazine rings is 1. The highest BCUT2D eigenvalue weighted by atomic mass is 35.5. The molecule has 0 bridgehead atoms. The SMILES string of the molecule is CCOC(=O)N1CCN(CCNC2CCCCC2)CC1.Cl. The van der Waals surface area contributed by atoms with Crippen molar-refractivity contribution in [2.45, 2.75) is 45.1 Å². The topological polar surface area (TPSA) is 44.8 Å². The summed E-state index contributed by atoms with van der Waals surface area (Å²) in [4.78, 5) is 15.8. The van der Waals surface area contributed by atoms with Gasteiger partial charge < -0.3 is 15.0 Å². The van der Waals surface area contributed by atoms with Crippen LogP contribution in [0.3, 0.4) is 0 Å². The van der Waals surface area contributed by atoms with Gasteiger partial charge in [0.25, 0.3) is 0 Å². The Balaban J connectivity index is 0.00000220. The molecule has 2 fully saturated rings. The van der Waals surface area contributed by atoms with Gasteiger partial charge in [-0.15, -0.1) is 12.4 Å². The molecule has 21 heavy (non-hydrogen) atoms. The van der Waals surface area contributed by atoms with E-state index in [4.69, 9.17) is 4.74 Å². The molecule has 0 aromatic rings. The Labute approximate surface area is 134 Å². The van der Waals surface area contributed by atoms with E-state index in [0.717, 1.165) is 45.3 Å². The molecule has 0 radical (unpaired) electrons. The largest absolute Gasteiger partial charge is 0.450 e. The van der Waals surface area contributed by atoms with Crippen LogP contribution in [-0.4, -0.2) is 67.8 Å². The fourth-order valence-corrected chi connectivity index (χ4v) is 3.10. The Hall–Kier alpha value is -0.520. The zero-order chi connectivity index (χ0) is 14.2. The maximum absolute atomic E-state index is 11.6. The van der Waals surface area contributed by atoms with Crippen LogP contribution in [0, 0.1) is 0 Å². The van der Waals surface area contributed by atoms with Gasteiger partial charge in [0, 0.05) is 45.3 Å². The number of hydrogen-bond acceptors (Lipinski definition) is 4. The number of rotatable bonds is 5. The van der Waals surface area contributed by atoms with Gasteiger partial charge in [-0.3, -0.25) is 4.90 Å². The van der Waals surface area contributed by atoms with Crippen molar-refractivity contribution >= 4 is 18.5 Å². The maximum atomic E-state index is 11.6. The van der Waals surface area contributed by atoms with E-state index >= 15 is 0 Å². The van der Waals surface area contributed by atoms with E-state index in [0.29, 0.717) is 6.61 Å². The van der Waals surface area contributed by atoms with Crippen LogP contribution in [0.1, 0.15) is 39.0 Å². The van der Waals surface area contributed by atoms with Gasteiger partial charge in [0.2, 0.25) is 0 Å². The molecule has 6 heteroatoms. The highest BCUT2D eigenvalue weighted by molar-refractivity contribution is 5.85. The van der Waals surface area contributed by atoms with E-state index in [9.17, 15) is 4.79 Å². The lowest BCUT2D eigenvalue weighted by Crippen LogP contribution is -2.50. The minimum absolute atomic E-state index is 0. The molecule has 5 nitrogen and oxygen atoms in total. The maximum Gasteiger partial charge on any atom is 0.409 e. The highest BCUT2D eigenvalue weighted by Gasteiger charge is 2.21. The molecule has 0 spiro atoms. The van der Waals surface area contributed by atoms with E-state index in [2.05, 4.69) is 10.2 Å². The predicted octanol–water partition coefficient (Wildman–Crippen LogP) is 2.10. The zero-order valence-electron chi connectivity index (χ0n) is 13.2. The Bertz CT molecular complexity index is 291. The first-order valence-corrected chi connectivity index (χ1v) is 8.17. The van der Waals surface area contributed by atoms with Crippen molar-refractivity contribution in [1.82, 2.24) is 15.1 Å². The molecule has 1 N–H and O–H groups in total. The van der Waals surface area contributed by atoms with Gasteiger partial charge in [-0.25, -0.2) is 4.79 Å². The number of amides is 1. The molecule has 0 atom stereocenters. The number of carbonyl (C=O) groups excluding carboxylic acids is 1. The lowest BCUT2D eigenvalue weighted by Gasteiger charge is -2.34. The third-order valence-electron chi connectivity index (χ3n) is 4.36. The minimum Gasteiger partial charge on any atom is -0.450 e. The Morgan fingerprint density at radius 3 is 2.43 bits per heavy atom. The summed E-state index contributed by atoms with van der Waals surface area (Å²) in [7, 11) is 0. The molecule has 1 amide bonds. The molecule has 0 aromatic carbocycles. The van der Waals surface area contributed by atoms with Crippen LogP contribution >= 0.6 is 12.4 Å². The van der Waals surface area contributed by atoms with E-state index in [1.807, 2.05) is 11.8 Å². The first kappa shape index (κ1) is 18.5. The summed E-state index contributed by atoms with van der Waals surface area (Å²) in [5.74, 6) is 0. The number of nitrogens with zero attached hydrogens (tertiary/aromatic N) is 2. The summed E-state index contributed by atoms with van der Waals surface area (Å²) >= 11 is 0. The number of hydrogen-bond donors (Lipinski definition) is 1. The summed E-state index contributed by atoms with van der Waals surface area (Å²) in [5.41, 5.74) is 0. The van der Waals surface area contributed by atoms with Crippen LogP contribution in [0.25, 0.3) is 0 Å². The van der Waals surface area contributed by atoms with Crippen molar-refractivity contribution in [3.8, 4) is 0 Å². The second kappa shape index (κ2) is 10.2. The lowest BCUT2D eigenvalue weighted by molar-refractivity contribution is 0.0796. The van der Waals surface area contributed by atoms with Crippen molar-refractivity contribution in [1.29, 1.82) is 0 Å². The third-order valence-corrected chi connectivity index (χ3v) is 4.36. The quantitative estimate of drug-likeness (QED) is 0.843. The van der Waals surface area contributed by atoms with E-state index in [1.165, 1.54) is 32.1 Å². The number of ether oxygens (including phenoxy) is 1. The standard InChI is InChI=1S/C15H29N3O2.ClH/c1-2-20-15(19)18-12-10-17(11-13-18)9-8-16-14-6-4-3-5-7-14;/h14,16H,2-13H2,1H3;1H. The second-order valence-corrected chi connectivity index (χ2v) is 5.82. The first-order chi connectivity index (χ1) is 9.79. The summed E-state index contributed by atoms with van der Waals surface area (Å²) in [5, 5.41) is 3.68. The number of nitrogens with one attached hydrogen (secondary N) is 1. The molecule has 124 valence electrons. The predicted molar refractivity (Wildman–Crippen MR) is 87.2 cm³/mol. The van der Waals surface area contributed by atoms with Crippen molar-refractivity contribution in [3.05, 3.63) is 0 Å². The molecule has 1 heterocycles. The average molecular weight is 320 g/mol. The number of carbonyl (C=O) groups is 1. The van der Waals surface area contributed by atoms with Gasteiger partial charge in [0.1, 0.15) is 0 Å². The van der Waals surface area contributed by atoms with Crippen molar-refractivity contribution in [3.63, 3.8) is 0 Å². The van der Waals surface area contributed by atoms with Gasteiger partial charge >= 0.3 is 6.09 Å². The lowest BCUT2D eigenvalue weighted by atomic mass is 9.95. The van der Waals surface area contributed by atoms with Crippen molar-refractivity contribution < 1.29 is 9.53 Å². The van der Waals surface area contributed by atoms with Gasteiger partial charge in [0.15, 0.2) is 0 Å². The molecule has 1 aliphatic carbocycles. The van der Waals surface area contributed by atoms with Crippen LogP contribution in [0.4, 0.5) is 4.79 Å². The molecule has 1 saturated heterocycles. The van der Waals surface area contributed by atoms with E-state index in [-0.39, 0.29) is 18.5 Å². The fraction of sp³-hybridized carbons (Fsp3) is 0.933. The fourth-order valence-electron chi connectivity index (χ4n) is 3.10. The van der Waals surface area contributed by atoms with Crippen LogP contribution in [0.2, 0.25) is 0 Å². The molecular formula is C15H30ClN3O2. The van der Waals surface area contributed by atoms with Gasteiger partial charge in [0.05, 0.1) is 6.61 Å². The molecular weight excluding hydrogens is 290 g/mol. The summed E-state index contributed by atoms with van der Waals surface area (Å²) in [6.45, 7) is 7.99. The summed E-state index contributed by atoms with van der Waals surface area (Å²) < 4.78 is 5.03. The van der Waals surface area contributed by atoms with E-state index in [1.54, 1.807) is 0 Å². The number of halogens is 1. The Morgan fingerprint density at radius 2 is 1.81 bits per heavy atom. The van der Waals surface area contributed by atoms with Crippen LogP contribution in [0.15, 0.2) is 0 Å². The summed E-state index contributed by atoms with van der Waals surface area (Å²) in [6.07, 6.45) is 6.71. The van der Waals surface area contributed by atoms with Crippen molar-refractivity contribution in [2.24, 2.45) is 0 Å². The zero-order valence-corrected chi connectivity index (χ0v) is 14.0. The van der Waals surface area contributed by atoms with Gasteiger partial charge in [-0.2, -0.15) is 0 Å². The third kappa shape index (κ3) is 6.41. The highest BCUT2D eigenvalue weighted by Crippen LogP contribution is 2.17. The summed E-state index contributed by atoms with van der Waals surface area (Å²) in [6, 6.07) is 0.740. The van der Waals surface area contributed by atoms with Crippen molar-refractivity contribution in [2.75, 3.05) is 45.9 Å². The Kier molecular flexibility index (Phi) is 9.04. The van der Waals surface area contributed by atoms with E-state index < -0.39 is 0 Å². The Morgan fingerprint density at radius 1 is 1.14 bits per heavy atom.